The van der Waals surface area contributed by atoms with Crippen LogP contribution >= 0.6 is 0 Å². The summed E-state index contributed by atoms with van der Waals surface area (Å²) in [5, 5.41) is 0. The Balaban J connectivity index is 2.28. The van der Waals surface area contributed by atoms with E-state index in [1.165, 1.54) is 7.11 Å². The van der Waals surface area contributed by atoms with Crippen LogP contribution in [0.4, 0.5) is 0 Å². The van der Waals surface area contributed by atoms with Gasteiger partial charge in [0.2, 0.25) is 0 Å². The van der Waals surface area contributed by atoms with Gasteiger partial charge in [0.15, 0.2) is 5.78 Å². The van der Waals surface area contributed by atoms with Crippen LogP contribution in [0, 0.1) is 0 Å². The van der Waals surface area contributed by atoms with Crippen molar-refractivity contribution in [1.82, 2.24) is 0 Å². The summed E-state index contributed by atoms with van der Waals surface area (Å²) >= 11 is 0. The summed E-state index contributed by atoms with van der Waals surface area (Å²) in [4.78, 5) is 25.4. The van der Waals surface area contributed by atoms with Crippen LogP contribution in [-0.4, -0.2) is 18.9 Å². The SMILES string of the molecule is CC[C@@]1(c2ccccc2)C(=O)C(C(=O)OC)c2ccccc21. The number of ketones is 1. The molecule has 2 aromatic rings. The summed E-state index contributed by atoms with van der Waals surface area (Å²) < 4.78 is 4.88. The van der Waals surface area contributed by atoms with Crippen LogP contribution in [0.3, 0.4) is 0 Å². The smallest absolute Gasteiger partial charge is 0.320 e. The Morgan fingerprint density at radius 3 is 2.36 bits per heavy atom. The van der Waals surface area contributed by atoms with Gasteiger partial charge in [0, 0.05) is 0 Å². The number of carbonyl (C=O) groups excluding carboxylic acids is 2. The number of esters is 1. The number of benzene rings is 2. The largest absolute Gasteiger partial charge is 0.468 e. The highest BCUT2D eigenvalue weighted by Crippen LogP contribution is 2.49. The Hall–Kier alpha value is -2.42. The lowest BCUT2D eigenvalue weighted by Crippen LogP contribution is -2.36. The highest BCUT2D eigenvalue weighted by Gasteiger charge is 2.54. The van der Waals surface area contributed by atoms with E-state index >= 15 is 0 Å². The second kappa shape index (κ2) is 5.41. The van der Waals surface area contributed by atoms with Gasteiger partial charge in [0.1, 0.15) is 5.92 Å². The van der Waals surface area contributed by atoms with Crippen LogP contribution < -0.4 is 0 Å². The van der Waals surface area contributed by atoms with Crippen molar-refractivity contribution in [2.75, 3.05) is 7.11 Å². The second-order valence-electron chi connectivity index (χ2n) is 5.53. The van der Waals surface area contributed by atoms with Crippen molar-refractivity contribution in [3.63, 3.8) is 0 Å². The van der Waals surface area contributed by atoms with E-state index < -0.39 is 17.3 Å². The van der Waals surface area contributed by atoms with Crippen molar-refractivity contribution in [2.24, 2.45) is 0 Å². The molecule has 0 aromatic heterocycles. The molecule has 112 valence electrons. The Bertz CT molecular complexity index is 720. The Kier molecular flexibility index (Phi) is 3.57. The number of Topliss-reactive ketones (excluding diaryl/α,β-unsaturated/α-hetero) is 1. The van der Waals surface area contributed by atoms with Gasteiger partial charge in [-0.05, 0) is 23.1 Å². The first-order chi connectivity index (χ1) is 10.7. The van der Waals surface area contributed by atoms with Gasteiger partial charge in [-0.25, -0.2) is 0 Å². The van der Waals surface area contributed by atoms with E-state index in [9.17, 15) is 9.59 Å². The summed E-state index contributed by atoms with van der Waals surface area (Å²) in [6, 6.07) is 17.3. The molecular weight excluding hydrogens is 276 g/mol. The van der Waals surface area contributed by atoms with Gasteiger partial charge in [-0.1, -0.05) is 61.5 Å². The van der Waals surface area contributed by atoms with Crippen molar-refractivity contribution in [1.29, 1.82) is 0 Å². The minimum Gasteiger partial charge on any atom is -0.468 e. The highest BCUT2D eigenvalue weighted by molar-refractivity contribution is 6.14. The molecule has 0 N–H and O–H groups in total. The Morgan fingerprint density at radius 1 is 1.09 bits per heavy atom. The zero-order chi connectivity index (χ0) is 15.7. The van der Waals surface area contributed by atoms with Crippen LogP contribution in [0.15, 0.2) is 54.6 Å². The molecule has 2 atom stereocenters. The van der Waals surface area contributed by atoms with Crippen LogP contribution in [-0.2, 0) is 19.7 Å². The number of methoxy groups -OCH3 is 1. The van der Waals surface area contributed by atoms with Crippen LogP contribution in [0.1, 0.15) is 36.0 Å². The lowest BCUT2D eigenvalue weighted by molar-refractivity contribution is -0.146. The maximum Gasteiger partial charge on any atom is 0.320 e. The molecule has 0 spiro atoms. The fourth-order valence-corrected chi connectivity index (χ4v) is 3.60. The summed E-state index contributed by atoms with van der Waals surface area (Å²) in [5.41, 5.74) is 1.85. The topological polar surface area (TPSA) is 43.4 Å². The van der Waals surface area contributed by atoms with Crippen molar-refractivity contribution in [3.05, 3.63) is 71.3 Å². The van der Waals surface area contributed by atoms with Crippen LogP contribution in [0.5, 0.6) is 0 Å². The molecule has 0 radical (unpaired) electrons. The van der Waals surface area contributed by atoms with E-state index in [0.717, 1.165) is 16.7 Å². The first kappa shape index (κ1) is 14.5. The van der Waals surface area contributed by atoms with Gasteiger partial charge in [-0.3, -0.25) is 9.59 Å². The highest BCUT2D eigenvalue weighted by atomic mass is 16.5. The number of rotatable bonds is 3. The molecule has 3 nitrogen and oxygen atoms in total. The normalized spacial score (nSPS) is 23.2. The maximum absolute atomic E-state index is 13.2. The summed E-state index contributed by atoms with van der Waals surface area (Å²) in [6.45, 7) is 1.99. The molecule has 0 saturated heterocycles. The van der Waals surface area contributed by atoms with Gasteiger partial charge in [0.05, 0.1) is 12.5 Å². The van der Waals surface area contributed by atoms with E-state index in [-0.39, 0.29) is 5.78 Å². The fourth-order valence-electron chi connectivity index (χ4n) is 3.60. The van der Waals surface area contributed by atoms with Crippen LogP contribution in [0.2, 0.25) is 0 Å². The number of fused-ring (bicyclic) bond motifs is 1. The van der Waals surface area contributed by atoms with Gasteiger partial charge in [-0.15, -0.1) is 0 Å². The van der Waals surface area contributed by atoms with Gasteiger partial charge in [0.25, 0.3) is 0 Å². The molecule has 0 bridgehead atoms. The first-order valence-electron chi connectivity index (χ1n) is 7.44. The third kappa shape index (κ3) is 1.82. The zero-order valence-electron chi connectivity index (χ0n) is 12.7. The molecule has 0 fully saturated rings. The Morgan fingerprint density at radius 2 is 1.73 bits per heavy atom. The van der Waals surface area contributed by atoms with E-state index in [1.54, 1.807) is 0 Å². The second-order valence-corrected chi connectivity index (χ2v) is 5.53. The molecule has 3 heteroatoms. The van der Waals surface area contributed by atoms with Crippen molar-refractivity contribution >= 4 is 11.8 Å². The molecule has 1 aliphatic carbocycles. The standard InChI is InChI=1S/C19H18O3/c1-3-19(13-9-5-4-6-10-13)15-12-8-7-11-14(15)16(17(19)20)18(21)22-2/h4-12,16H,3H2,1-2H3/t16?,19-/m0/s1. The number of hydrogen-bond acceptors (Lipinski definition) is 3. The van der Waals surface area contributed by atoms with E-state index in [0.29, 0.717) is 6.42 Å². The molecular formula is C19H18O3. The van der Waals surface area contributed by atoms with Gasteiger partial charge < -0.3 is 4.74 Å². The predicted octanol–water partition coefficient (Wildman–Crippen LogP) is 3.22. The zero-order valence-corrected chi connectivity index (χ0v) is 12.7. The lowest BCUT2D eigenvalue weighted by atomic mass is 9.72. The molecule has 2 aromatic carbocycles. The van der Waals surface area contributed by atoms with Gasteiger partial charge in [-0.2, -0.15) is 0 Å². The average Bonchev–Trinajstić information content (AvgIpc) is 2.84. The quantitative estimate of drug-likeness (QED) is 0.645. The predicted molar refractivity (Wildman–Crippen MR) is 83.7 cm³/mol. The average molecular weight is 294 g/mol. The number of ether oxygens (including phenoxy) is 1. The van der Waals surface area contributed by atoms with E-state index in [4.69, 9.17) is 4.74 Å². The van der Waals surface area contributed by atoms with Gasteiger partial charge >= 0.3 is 5.97 Å². The molecule has 0 amide bonds. The minimum absolute atomic E-state index is 0.0887. The summed E-state index contributed by atoms with van der Waals surface area (Å²) in [6.07, 6.45) is 0.611. The first-order valence-corrected chi connectivity index (χ1v) is 7.44. The van der Waals surface area contributed by atoms with E-state index in [2.05, 4.69) is 0 Å². The third-order valence-corrected chi connectivity index (χ3v) is 4.65. The third-order valence-electron chi connectivity index (χ3n) is 4.65. The maximum atomic E-state index is 13.2. The number of carbonyl (C=O) groups is 2. The molecule has 3 rings (SSSR count). The van der Waals surface area contributed by atoms with Crippen molar-refractivity contribution < 1.29 is 14.3 Å². The molecule has 0 heterocycles. The molecule has 1 aliphatic rings. The minimum atomic E-state index is -0.832. The molecule has 22 heavy (non-hydrogen) atoms. The summed E-state index contributed by atoms with van der Waals surface area (Å²) in [7, 11) is 1.33. The lowest BCUT2D eigenvalue weighted by Gasteiger charge is -2.28. The van der Waals surface area contributed by atoms with Crippen molar-refractivity contribution in [2.45, 2.75) is 24.7 Å². The van der Waals surface area contributed by atoms with Crippen LogP contribution in [0.25, 0.3) is 0 Å². The molecule has 1 unspecified atom stereocenters. The molecule has 0 saturated carbocycles. The van der Waals surface area contributed by atoms with Crippen molar-refractivity contribution in [3.8, 4) is 0 Å². The van der Waals surface area contributed by atoms with E-state index in [1.807, 2.05) is 61.5 Å². The monoisotopic (exact) mass is 294 g/mol. The number of hydrogen-bond donors (Lipinski definition) is 0. The Labute approximate surface area is 129 Å². The summed E-state index contributed by atoms with van der Waals surface area (Å²) in [5.74, 6) is -1.40. The fraction of sp³-hybridized carbons (Fsp3) is 0.263. The molecule has 0 aliphatic heterocycles.